The first kappa shape index (κ1) is 27.1. The molecule has 1 heterocycles. The molecular formula is C26H33ClN4O3. The Morgan fingerprint density at radius 1 is 1.03 bits per heavy atom. The van der Waals surface area contributed by atoms with Gasteiger partial charge in [-0.25, -0.2) is 0 Å². The molecule has 1 amide bonds. The van der Waals surface area contributed by atoms with E-state index in [1.807, 2.05) is 25.1 Å². The largest absolute Gasteiger partial charge is 1.00 e. The summed E-state index contributed by atoms with van der Waals surface area (Å²) in [5.41, 5.74) is 8.26. The van der Waals surface area contributed by atoms with Crippen LogP contribution in [0, 0.1) is 6.92 Å². The van der Waals surface area contributed by atoms with E-state index in [0.717, 1.165) is 36.2 Å². The number of aromatic amines is 1. The SMILES string of the molecule is Cc1nc(CCc2ccccc2)c(=O)[nH]c1CCCCNC(=O)[C@@H]([NH3+])Cc1ccc(O)cc1.[Cl-]. The third kappa shape index (κ3) is 8.32. The van der Waals surface area contributed by atoms with E-state index in [4.69, 9.17) is 0 Å². The number of carbonyl (C=O) groups excluding carboxylic acids is 1. The molecule has 182 valence electrons. The lowest BCUT2D eigenvalue weighted by atomic mass is 10.1. The topological polar surface area (TPSA) is 123 Å². The van der Waals surface area contributed by atoms with Gasteiger partial charge in [0.05, 0.1) is 5.69 Å². The smallest absolute Gasteiger partial charge is 0.278 e. The molecule has 3 rings (SSSR count). The van der Waals surface area contributed by atoms with E-state index in [1.165, 1.54) is 5.56 Å². The second-order valence-corrected chi connectivity index (χ2v) is 8.38. The van der Waals surface area contributed by atoms with Crippen LogP contribution >= 0.6 is 0 Å². The molecule has 3 aromatic rings. The van der Waals surface area contributed by atoms with Crippen molar-refractivity contribution in [1.82, 2.24) is 15.3 Å². The van der Waals surface area contributed by atoms with E-state index in [2.05, 4.69) is 33.2 Å². The fraction of sp³-hybridized carbons (Fsp3) is 0.346. The minimum Gasteiger partial charge on any atom is -1.00 e. The van der Waals surface area contributed by atoms with Crippen LogP contribution in [0.1, 0.15) is 41.1 Å². The van der Waals surface area contributed by atoms with Crippen LogP contribution in [0.15, 0.2) is 59.4 Å². The average molecular weight is 485 g/mol. The molecule has 1 atom stereocenters. The van der Waals surface area contributed by atoms with Crippen LogP contribution in [0.4, 0.5) is 0 Å². The number of nitrogens with one attached hydrogen (secondary N) is 2. The molecule has 8 heteroatoms. The van der Waals surface area contributed by atoms with E-state index in [1.54, 1.807) is 24.3 Å². The van der Waals surface area contributed by atoms with E-state index in [9.17, 15) is 14.7 Å². The molecule has 7 nitrogen and oxygen atoms in total. The number of quaternary nitrogens is 1. The molecule has 6 N–H and O–H groups in total. The Kier molecular flexibility index (Phi) is 10.8. The van der Waals surface area contributed by atoms with Gasteiger partial charge in [0.1, 0.15) is 11.4 Å². The fourth-order valence-electron chi connectivity index (χ4n) is 3.73. The van der Waals surface area contributed by atoms with Crippen LogP contribution in [0.2, 0.25) is 0 Å². The van der Waals surface area contributed by atoms with Gasteiger partial charge in [-0.1, -0.05) is 42.5 Å². The minimum atomic E-state index is -0.388. The van der Waals surface area contributed by atoms with Gasteiger partial charge in [0, 0.05) is 18.7 Å². The molecule has 0 aliphatic heterocycles. The van der Waals surface area contributed by atoms with E-state index in [-0.39, 0.29) is 35.7 Å². The van der Waals surface area contributed by atoms with Crippen molar-refractivity contribution in [2.45, 2.75) is 51.5 Å². The first-order valence-electron chi connectivity index (χ1n) is 11.4. The highest BCUT2D eigenvalue weighted by Crippen LogP contribution is 2.11. The molecule has 0 bridgehead atoms. The zero-order valence-corrected chi connectivity index (χ0v) is 20.3. The van der Waals surface area contributed by atoms with Crippen molar-refractivity contribution in [3.05, 3.63) is 93.2 Å². The highest BCUT2D eigenvalue weighted by Gasteiger charge is 2.17. The summed E-state index contributed by atoms with van der Waals surface area (Å²) in [5.74, 6) is 0.120. The second-order valence-electron chi connectivity index (χ2n) is 8.38. The Hall–Kier alpha value is -3.16. The zero-order chi connectivity index (χ0) is 23.6. The maximum atomic E-state index is 12.4. The number of nitrogens with zero attached hydrogens (tertiary/aromatic N) is 1. The Labute approximate surface area is 206 Å². The van der Waals surface area contributed by atoms with E-state index in [0.29, 0.717) is 31.5 Å². The lowest BCUT2D eigenvalue weighted by Gasteiger charge is -2.11. The number of phenolic OH excluding ortho intramolecular Hbond substituents is 1. The molecule has 0 fully saturated rings. The van der Waals surface area contributed by atoms with Gasteiger partial charge >= 0.3 is 0 Å². The summed E-state index contributed by atoms with van der Waals surface area (Å²) in [6.45, 7) is 2.49. The maximum Gasteiger partial charge on any atom is 0.278 e. The van der Waals surface area contributed by atoms with Gasteiger partial charge in [0.2, 0.25) is 0 Å². The highest BCUT2D eigenvalue weighted by atomic mass is 35.5. The number of aromatic hydroxyl groups is 1. The molecule has 1 aromatic heterocycles. The summed E-state index contributed by atoms with van der Waals surface area (Å²) >= 11 is 0. The van der Waals surface area contributed by atoms with Gasteiger partial charge in [-0.05, 0) is 62.3 Å². The summed E-state index contributed by atoms with van der Waals surface area (Å²) in [6.07, 6.45) is 4.27. The Bertz CT molecular complexity index is 1100. The van der Waals surface area contributed by atoms with Gasteiger partial charge in [-0.2, -0.15) is 0 Å². The van der Waals surface area contributed by atoms with Crippen LogP contribution in [0.25, 0.3) is 0 Å². The van der Waals surface area contributed by atoms with Gasteiger partial charge in [0.15, 0.2) is 6.04 Å². The van der Waals surface area contributed by atoms with Crippen LogP contribution in [0.5, 0.6) is 5.75 Å². The number of aromatic nitrogens is 2. The lowest BCUT2D eigenvalue weighted by molar-refractivity contribution is -0.403. The van der Waals surface area contributed by atoms with Gasteiger partial charge < -0.3 is 33.5 Å². The monoisotopic (exact) mass is 484 g/mol. The Morgan fingerprint density at radius 3 is 2.44 bits per heavy atom. The van der Waals surface area contributed by atoms with Crippen molar-refractivity contribution in [1.29, 1.82) is 0 Å². The van der Waals surface area contributed by atoms with Crippen LogP contribution in [-0.2, 0) is 30.5 Å². The Morgan fingerprint density at radius 2 is 1.74 bits per heavy atom. The third-order valence-electron chi connectivity index (χ3n) is 5.70. The molecule has 0 radical (unpaired) electrons. The predicted octanol–water partition coefficient (Wildman–Crippen LogP) is -1.13. The molecule has 0 aliphatic carbocycles. The van der Waals surface area contributed by atoms with E-state index < -0.39 is 0 Å². The number of amides is 1. The first-order valence-corrected chi connectivity index (χ1v) is 11.4. The third-order valence-corrected chi connectivity index (χ3v) is 5.70. The zero-order valence-electron chi connectivity index (χ0n) is 19.5. The maximum absolute atomic E-state index is 12.4. The van der Waals surface area contributed by atoms with Gasteiger partial charge in [-0.3, -0.25) is 14.6 Å². The fourth-order valence-corrected chi connectivity index (χ4v) is 3.73. The first-order chi connectivity index (χ1) is 15.9. The lowest BCUT2D eigenvalue weighted by Crippen LogP contribution is -3.00. The van der Waals surface area contributed by atoms with Crippen molar-refractivity contribution in [2.24, 2.45) is 0 Å². The van der Waals surface area contributed by atoms with Crippen LogP contribution in [0.3, 0.4) is 0 Å². The molecule has 34 heavy (non-hydrogen) atoms. The molecule has 0 aliphatic rings. The molecule has 0 unspecified atom stereocenters. The number of aryl methyl sites for hydroxylation is 4. The normalized spacial score (nSPS) is 11.5. The van der Waals surface area contributed by atoms with Crippen LogP contribution in [-0.4, -0.2) is 33.6 Å². The summed E-state index contributed by atoms with van der Waals surface area (Å²) < 4.78 is 0. The predicted molar refractivity (Wildman–Crippen MR) is 128 cm³/mol. The summed E-state index contributed by atoms with van der Waals surface area (Å²) in [5, 5.41) is 12.3. The van der Waals surface area contributed by atoms with Crippen molar-refractivity contribution >= 4 is 5.91 Å². The highest BCUT2D eigenvalue weighted by molar-refractivity contribution is 5.80. The van der Waals surface area contributed by atoms with Gasteiger partial charge in [-0.15, -0.1) is 0 Å². The minimum absolute atomic E-state index is 0. The van der Waals surface area contributed by atoms with Crippen molar-refractivity contribution in [3.8, 4) is 5.75 Å². The number of halogens is 1. The molecule has 0 saturated carbocycles. The number of rotatable bonds is 11. The number of unbranched alkanes of at least 4 members (excludes halogenated alkanes) is 1. The number of H-pyrrole nitrogens is 1. The molecule has 2 aromatic carbocycles. The number of benzene rings is 2. The number of carbonyl (C=O) groups is 1. The van der Waals surface area contributed by atoms with E-state index >= 15 is 0 Å². The van der Waals surface area contributed by atoms with Crippen molar-refractivity contribution < 1.29 is 28.0 Å². The summed E-state index contributed by atoms with van der Waals surface area (Å²) in [7, 11) is 0. The molecular weight excluding hydrogens is 452 g/mol. The number of hydrogen-bond acceptors (Lipinski definition) is 4. The standard InChI is InChI=1S/C26H32N4O3.ClH/c1-18-23(30-26(33)24(29-18)15-12-19-7-3-2-4-8-19)9-5-6-16-28-25(32)22(27)17-20-10-13-21(31)14-11-20;/h2-4,7-8,10-11,13-14,22,31H,5-6,9,12,15-17,27H2,1H3,(H,28,32)(H,30,33);1H/t22-;/m0./s1. The number of phenols is 1. The number of hydrogen-bond donors (Lipinski definition) is 4. The average Bonchev–Trinajstić information content (AvgIpc) is 2.81. The van der Waals surface area contributed by atoms with Crippen molar-refractivity contribution in [3.63, 3.8) is 0 Å². The Balaban J connectivity index is 0.00000408. The quantitative estimate of drug-likeness (QED) is 0.257. The molecule has 0 saturated heterocycles. The summed E-state index contributed by atoms with van der Waals surface area (Å²) in [4.78, 5) is 32.2. The van der Waals surface area contributed by atoms with Crippen molar-refractivity contribution in [2.75, 3.05) is 6.54 Å². The summed E-state index contributed by atoms with van der Waals surface area (Å²) in [6, 6.07) is 16.5. The van der Waals surface area contributed by atoms with Gasteiger partial charge in [0.25, 0.3) is 11.5 Å². The van der Waals surface area contributed by atoms with Crippen LogP contribution < -0.4 is 29.0 Å². The second kappa shape index (κ2) is 13.5. The molecule has 0 spiro atoms.